The van der Waals surface area contributed by atoms with Crippen molar-refractivity contribution in [2.24, 2.45) is 5.73 Å². The van der Waals surface area contributed by atoms with Gasteiger partial charge in [0.2, 0.25) is 5.76 Å². The van der Waals surface area contributed by atoms with Gasteiger partial charge in [0.25, 0.3) is 11.8 Å². The summed E-state index contributed by atoms with van der Waals surface area (Å²) in [5, 5.41) is 2.86. The molecule has 0 bridgehead atoms. The second kappa shape index (κ2) is 8.74. The van der Waals surface area contributed by atoms with E-state index in [-0.39, 0.29) is 22.6 Å². The Morgan fingerprint density at radius 2 is 1.94 bits per heavy atom. The Balaban J connectivity index is 1.39. The number of aryl methyl sites for hydroxylation is 1. The maximum absolute atomic E-state index is 12.9. The van der Waals surface area contributed by atoms with Gasteiger partial charge in [-0.2, -0.15) is 13.2 Å². The quantitative estimate of drug-likeness (QED) is 0.510. The molecule has 172 valence electrons. The topological polar surface area (TPSA) is 112 Å². The number of carbonyl (C=O) groups is 3. The Hall–Kier alpha value is -3.60. The molecule has 0 unspecified atom stereocenters. The third-order valence-electron chi connectivity index (χ3n) is 5.04. The number of rotatable bonds is 6. The molecule has 1 aliphatic carbocycles. The fraction of sp³-hybridized carbons (Fsp3) is 0.227. The van der Waals surface area contributed by atoms with E-state index < -0.39 is 36.1 Å². The fourth-order valence-electron chi connectivity index (χ4n) is 3.57. The third kappa shape index (κ3) is 4.77. The molecule has 11 heteroatoms. The highest BCUT2D eigenvalue weighted by Crippen LogP contribution is 2.39. The van der Waals surface area contributed by atoms with Crippen molar-refractivity contribution in [3.63, 3.8) is 0 Å². The van der Waals surface area contributed by atoms with Gasteiger partial charge in [-0.3, -0.25) is 9.59 Å². The number of halogens is 3. The predicted octanol–water partition coefficient (Wildman–Crippen LogP) is 4.41. The van der Waals surface area contributed by atoms with Gasteiger partial charge in [-0.1, -0.05) is 12.1 Å². The number of amides is 2. The number of benzene rings is 1. The van der Waals surface area contributed by atoms with Crippen LogP contribution in [0.2, 0.25) is 0 Å². The molecule has 0 aliphatic heterocycles. The van der Waals surface area contributed by atoms with E-state index in [2.05, 4.69) is 5.32 Å². The first-order chi connectivity index (χ1) is 15.6. The standard InChI is InChI=1S/C22H17F3N2O5S/c23-22(24,25)12-4-1-3-11(9-12)14-7-8-15(32-14)21(30)31-10-17(28)27-20-18(19(26)29)13-5-2-6-16(13)33-20/h1,3-4,7-9H,2,5-6,10H2,(H2,26,29)(H,27,28). The van der Waals surface area contributed by atoms with Crippen LogP contribution in [-0.4, -0.2) is 24.4 Å². The van der Waals surface area contributed by atoms with Crippen LogP contribution in [0.1, 0.15) is 43.3 Å². The van der Waals surface area contributed by atoms with Gasteiger partial charge in [-0.25, -0.2) is 4.79 Å². The van der Waals surface area contributed by atoms with Crippen LogP contribution in [0.15, 0.2) is 40.8 Å². The Kier molecular flexibility index (Phi) is 5.98. The molecule has 0 saturated heterocycles. The number of fused-ring (bicyclic) bond motifs is 1. The summed E-state index contributed by atoms with van der Waals surface area (Å²) in [6.07, 6.45) is -2.09. The Labute approximate surface area is 189 Å². The van der Waals surface area contributed by atoms with E-state index in [0.29, 0.717) is 11.4 Å². The van der Waals surface area contributed by atoms with E-state index in [0.717, 1.165) is 35.4 Å². The summed E-state index contributed by atoms with van der Waals surface area (Å²) in [6, 6.07) is 7.03. The zero-order valence-electron chi connectivity index (χ0n) is 17.0. The first-order valence-electron chi connectivity index (χ1n) is 9.82. The minimum Gasteiger partial charge on any atom is -0.450 e. The zero-order valence-corrected chi connectivity index (χ0v) is 17.8. The third-order valence-corrected chi connectivity index (χ3v) is 6.24. The summed E-state index contributed by atoms with van der Waals surface area (Å²) in [5.74, 6) is -2.51. The minimum atomic E-state index is -4.52. The average molecular weight is 478 g/mol. The van der Waals surface area contributed by atoms with Gasteiger partial charge >= 0.3 is 12.1 Å². The second-order valence-electron chi connectivity index (χ2n) is 7.29. The van der Waals surface area contributed by atoms with Crippen LogP contribution in [0.4, 0.5) is 18.2 Å². The molecule has 0 fully saturated rings. The Morgan fingerprint density at radius 3 is 2.67 bits per heavy atom. The maximum Gasteiger partial charge on any atom is 0.416 e. The van der Waals surface area contributed by atoms with Gasteiger partial charge in [0.1, 0.15) is 10.8 Å². The van der Waals surface area contributed by atoms with Crippen LogP contribution < -0.4 is 11.1 Å². The minimum absolute atomic E-state index is 0.0386. The summed E-state index contributed by atoms with van der Waals surface area (Å²) in [4.78, 5) is 37.2. The lowest BCUT2D eigenvalue weighted by atomic mass is 10.1. The monoisotopic (exact) mass is 478 g/mol. The van der Waals surface area contributed by atoms with E-state index in [1.807, 2.05) is 0 Å². The number of alkyl halides is 3. The highest BCUT2D eigenvalue weighted by Gasteiger charge is 2.31. The average Bonchev–Trinajstić information content (AvgIpc) is 3.47. The largest absolute Gasteiger partial charge is 0.450 e. The molecule has 0 saturated carbocycles. The highest BCUT2D eigenvalue weighted by molar-refractivity contribution is 7.17. The number of anilines is 1. The number of hydrogen-bond donors (Lipinski definition) is 2. The van der Waals surface area contributed by atoms with Crippen LogP contribution in [0, 0.1) is 0 Å². The van der Waals surface area contributed by atoms with Crippen molar-refractivity contribution in [3.05, 3.63) is 63.7 Å². The molecule has 3 aromatic rings. The molecule has 2 heterocycles. The van der Waals surface area contributed by atoms with Crippen molar-refractivity contribution in [1.29, 1.82) is 0 Å². The number of hydrogen-bond acceptors (Lipinski definition) is 6. The van der Waals surface area contributed by atoms with Crippen molar-refractivity contribution in [1.82, 2.24) is 0 Å². The van der Waals surface area contributed by atoms with Crippen LogP contribution >= 0.6 is 11.3 Å². The first kappa shape index (κ1) is 22.6. The molecule has 0 spiro atoms. The van der Waals surface area contributed by atoms with E-state index in [1.165, 1.54) is 35.6 Å². The lowest BCUT2D eigenvalue weighted by Crippen LogP contribution is -2.22. The van der Waals surface area contributed by atoms with E-state index in [9.17, 15) is 27.6 Å². The molecular weight excluding hydrogens is 461 g/mol. The maximum atomic E-state index is 12.9. The molecule has 3 N–H and O–H groups in total. The molecule has 4 rings (SSSR count). The van der Waals surface area contributed by atoms with Gasteiger partial charge in [0.05, 0.1) is 11.1 Å². The van der Waals surface area contributed by atoms with Crippen LogP contribution in [0.5, 0.6) is 0 Å². The van der Waals surface area contributed by atoms with Crippen molar-refractivity contribution in [3.8, 4) is 11.3 Å². The zero-order chi connectivity index (χ0) is 23.8. The SMILES string of the molecule is NC(=O)c1c(NC(=O)COC(=O)c2ccc(-c3cccc(C(F)(F)F)c3)o2)sc2c1CCC2. The van der Waals surface area contributed by atoms with Crippen molar-refractivity contribution in [2.75, 3.05) is 11.9 Å². The molecule has 7 nitrogen and oxygen atoms in total. The molecule has 2 aromatic heterocycles. The van der Waals surface area contributed by atoms with E-state index in [1.54, 1.807) is 0 Å². The van der Waals surface area contributed by atoms with Gasteiger partial charge in [0.15, 0.2) is 6.61 Å². The number of primary amides is 1. The number of carbonyl (C=O) groups excluding carboxylic acids is 3. The van der Waals surface area contributed by atoms with Gasteiger partial charge in [-0.05, 0) is 49.1 Å². The molecule has 33 heavy (non-hydrogen) atoms. The van der Waals surface area contributed by atoms with Gasteiger partial charge in [0, 0.05) is 10.4 Å². The van der Waals surface area contributed by atoms with Gasteiger partial charge in [-0.15, -0.1) is 11.3 Å². The number of nitrogens with two attached hydrogens (primary N) is 1. The number of ether oxygens (including phenoxy) is 1. The van der Waals surface area contributed by atoms with Crippen molar-refractivity contribution in [2.45, 2.75) is 25.4 Å². The van der Waals surface area contributed by atoms with Gasteiger partial charge < -0.3 is 20.2 Å². The Morgan fingerprint density at radius 1 is 1.15 bits per heavy atom. The lowest BCUT2D eigenvalue weighted by molar-refractivity contribution is -0.137. The number of nitrogens with one attached hydrogen (secondary N) is 1. The highest BCUT2D eigenvalue weighted by atomic mass is 32.1. The molecule has 0 radical (unpaired) electrons. The summed E-state index contributed by atoms with van der Waals surface area (Å²) >= 11 is 1.27. The molecule has 2 amide bonds. The second-order valence-corrected chi connectivity index (χ2v) is 8.40. The summed E-state index contributed by atoms with van der Waals surface area (Å²) in [7, 11) is 0. The normalized spacial score (nSPS) is 12.9. The van der Waals surface area contributed by atoms with Crippen molar-refractivity contribution >= 4 is 34.1 Å². The number of furan rings is 1. The molecule has 1 aromatic carbocycles. The Bertz CT molecular complexity index is 1250. The number of esters is 1. The summed E-state index contributed by atoms with van der Waals surface area (Å²) in [5.41, 5.74) is 5.85. The van der Waals surface area contributed by atoms with Crippen LogP contribution in [0.25, 0.3) is 11.3 Å². The lowest BCUT2D eigenvalue weighted by Gasteiger charge is -2.07. The summed E-state index contributed by atoms with van der Waals surface area (Å²) < 4.78 is 48.9. The van der Waals surface area contributed by atoms with Crippen LogP contribution in [0.3, 0.4) is 0 Å². The fourth-order valence-corrected chi connectivity index (χ4v) is 4.88. The smallest absolute Gasteiger partial charge is 0.416 e. The van der Waals surface area contributed by atoms with E-state index >= 15 is 0 Å². The number of thiophene rings is 1. The summed E-state index contributed by atoms with van der Waals surface area (Å²) in [6.45, 7) is -0.654. The molecule has 0 atom stereocenters. The van der Waals surface area contributed by atoms with Crippen LogP contribution in [-0.2, 0) is 28.5 Å². The van der Waals surface area contributed by atoms with E-state index in [4.69, 9.17) is 14.9 Å². The van der Waals surface area contributed by atoms with Crippen molar-refractivity contribution < 1.29 is 36.7 Å². The first-order valence-corrected chi connectivity index (χ1v) is 10.6. The molecular formula is C22H17F3N2O5S. The predicted molar refractivity (Wildman–Crippen MR) is 113 cm³/mol. The molecule has 1 aliphatic rings.